The Labute approximate surface area is 153 Å². The van der Waals surface area contributed by atoms with Gasteiger partial charge < -0.3 is 10.1 Å². The van der Waals surface area contributed by atoms with Gasteiger partial charge in [-0.25, -0.2) is 0 Å². The zero-order valence-corrected chi connectivity index (χ0v) is 15.1. The Morgan fingerprint density at radius 3 is 2.80 bits per heavy atom. The van der Waals surface area contributed by atoms with Crippen LogP contribution in [0, 0.1) is 5.92 Å². The Kier molecular flexibility index (Phi) is 6.89. The van der Waals surface area contributed by atoms with Gasteiger partial charge in [-0.2, -0.15) is 0 Å². The van der Waals surface area contributed by atoms with E-state index < -0.39 is 0 Å². The van der Waals surface area contributed by atoms with E-state index in [0.717, 1.165) is 36.2 Å². The predicted molar refractivity (Wildman–Crippen MR) is 101 cm³/mol. The van der Waals surface area contributed by atoms with E-state index in [4.69, 9.17) is 4.74 Å². The maximum atomic E-state index is 12.1. The molecular weight excluding hydrogens is 332 g/mol. The third-order valence-electron chi connectivity index (χ3n) is 4.05. The summed E-state index contributed by atoms with van der Waals surface area (Å²) < 4.78 is 5.57. The second-order valence-corrected chi connectivity index (χ2v) is 7.35. The van der Waals surface area contributed by atoms with Crippen molar-refractivity contribution in [1.82, 2.24) is 10.3 Å². The Hall–Kier alpha value is -1.85. The molecule has 0 aliphatic heterocycles. The van der Waals surface area contributed by atoms with E-state index in [0.29, 0.717) is 12.1 Å². The van der Waals surface area contributed by atoms with Crippen LogP contribution in [0.1, 0.15) is 35.2 Å². The normalized spacial score (nSPS) is 13.6. The fraction of sp³-hybridized carbons (Fsp3) is 0.400. The number of benzene rings is 1. The van der Waals surface area contributed by atoms with Crippen molar-refractivity contribution < 1.29 is 9.53 Å². The summed E-state index contributed by atoms with van der Waals surface area (Å²) in [6.07, 6.45) is 7.14. The number of amides is 1. The zero-order valence-electron chi connectivity index (χ0n) is 14.3. The molecule has 25 heavy (non-hydrogen) atoms. The number of pyridine rings is 1. The van der Waals surface area contributed by atoms with Gasteiger partial charge in [0.2, 0.25) is 0 Å². The molecule has 1 aliphatic carbocycles. The van der Waals surface area contributed by atoms with Crippen molar-refractivity contribution in [2.24, 2.45) is 5.92 Å². The van der Waals surface area contributed by atoms with Gasteiger partial charge in [-0.3, -0.25) is 9.78 Å². The molecule has 1 amide bonds. The molecule has 2 aromatic rings. The average molecular weight is 356 g/mol. The molecule has 1 fully saturated rings. The van der Waals surface area contributed by atoms with E-state index in [2.05, 4.69) is 16.4 Å². The topological polar surface area (TPSA) is 51.2 Å². The monoisotopic (exact) mass is 356 g/mol. The van der Waals surface area contributed by atoms with Crippen molar-refractivity contribution in [3.63, 3.8) is 0 Å². The van der Waals surface area contributed by atoms with Crippen molar-refractivity contribution >= 4 is 17.7 Å². The molecule has 1 aromatic carbocycles. The largest absolute Gasteiger partial charge is 0.381 e. The van der Waals surface area contributed by atoms with E-state index in [1.165, 1.54) is 18.4 Å². The lowest BCUT2D eigenvalue weighted by atomic mass is 10.2. The molecule has 0 bridgehead atoms. The van der Waals surface area contributed by atoms with Gasteiger partial charge in [0.25, 0.3) is 5.91 Å². The minimum Gasteiger partial charge on any atom is -0.381 e. The lowest BCUT2D eigenvalue weighted by Crippen LogP contribution is -2.25. The molecule has 0 saturated heterocycles. The molecule has 3 rings (SSSR count). The predicted octanol–water partition coefficient (Wildman–Crippen LogP) is 3.92. The first-order valence-electron chi connectivity index (χ1n) is 8.79. The van der Waals surface area contributed by atoms with E-state index in [9.17, 15) is 4.79 Å². The van der Waals surface area contributed by atoms with Gasteiger partial charge in [-0.15, -0.1) is 11.8 Å². The number of nitrogens with zero attached hydrogens (tertiary/aromatic N) is 1. The fourth-order valence-corrected chi connectivity index (χ4v) is 3.20. The summed E-state index contributed by atoms with van der Waals surface area (Å²) in [5.41, 5.74) is 1.89. The molecule has 5 heteroatoms. The number of rotatable bonds is 10. The SMILES string of the molecule is O=C(NCCCOCC1CC1)c1ccc(SCc2cccnc2)cc1. The summed E-state index contributed by atoms with van der Waals surface area (Å²) in [6.45, 7) is 2.26. The highest BCUT2D eigenvalue weighted by molar-refractivity contribution is 7.98. The molecule has 1 N–H and O–H groups in total. The molecule has 1 aliphatic rings. The number of nitrogens with one attached hydrogen (secondary N) is 1. The highest BCUT2D eigenvalue weighted by Gasteiger charge is 2.20. The lowest BCUT2D eigenvalue weighted by Gasteiger charge is -2.07. The first-order valence-corrected chi connectivity index (χ1v) is 9.77. The molecule has 0 spiro atoms. The van der Waals surface area contributed by atoms with Crippen molar-refractivity contribution in [3.8, 4) is 0 Å². The highest BCUT2D eigenvalue weighted by atomic mass is 32.2. The van der Waals surface area contributed by atoms with Crippen LogP contribution in [0.3, 0.4) is 0 Å². The van der Waals surface area contributed by atoms with Crippen LogP contribution in [-0.2, 0) is 10.5 Å². The van der Waals surface area contributed by atoms with Crippen LogP contribution in [0.4, 0.5) is 0 Å². The van der Waals surface area contributed by atoms with Crippen LogP contribution in [0.25, 0.3) is 0 Å². The molecule has 1 saturated carbocycles. The fourth-order valence-electron chi connectivity index (χ4n) is 2.37. The third-order valence-corrected chi connectivity index (χ3v) is 5.13. The summed E-state index contributed by atoms with van der Waals surface area (Å²) in [5, 5.41) is 2.95. The van der Waals surface area contributed by atoms with E-state index in [1.807, 2.05) is 36.5 Å². The van der Waals surface area contributed by atoms with E-state index >= 15 is 0 Å². The van der Waals surface area contributed by atoms with Crippen LogP contribution >= 0.6 is 11.8 Å². The van der Waals surface area contributed by atoms with Crippen LogP contribution in [0.15, 0.2) is 53.7 Å². The van der Waals surface area contributed by atoms with Crippen molar-refractivity contribution in [1.29, 1.82) is 0 Å². The number of carbonyl (C=O) groups is 1. The van der Waals surface area contributed by atoms with Crippen molar-refractivity contribution in [2.45, 2.75) is 29.9 Å². The van der Waals surface area contributed by atoms with E-state index in [-0.39, 0.29) is 5.91 Å². The Bertz CT molecular complexity index is 657. The number of carbonyl (C=O) groups excluding carboxylic acids is 1. The number of thioether (sulfide) groups is 1. The molecule has 0 atom stereocenters. The molecular formula is C20H24N2O2S. The molecule has 0 unspecified atom stereocenters. The Balaban J connectivity index is 1.34. The molecule has 4 nitrogen and oxygen atoms in total. The van der Waals surface area contributed by atoms with Gasteiger partial charge in [0.05, 0.1) is 0 Å². The van der Waals surface area contributed by atoms with Crippen LogP contribution in [0.2, 0.25) is 0 Å². The summed E-state index contributed by atoms with van der Waals surface area (Å²) >= 11 is 1.74. The average Bonchev–Trinajstić information content (AvgIpc) is 3.48. The lowest BCUT2D eigenvalue weighted by molar-refractivity contribution is 0.0937. The van der Waals surface area contributed by atoms with Gasteiger partial charge in [-0.1, -0.05) is 6.07 Å². The summed E-state index contributed by atoms with van der Waals surface area (Å²) in [5.74, 6) is 1.65. The van der Waals surface area contributed by atoms with Gasteiger partial charge in [0, 0.05) is 48.4 Å². The zero-order chi connectivity index (χ0) is 17.3. The standard InChI is InChI=1S/C20H24N2O2S/c23-20(22-11-2-12-24-14-16-4-5-16)18-6-8-19(9-7-18)25-15-17-3-1-10-21-13-17/h1,3,6-10,13,16H,2,4-5,11-12,14-15H2,(H,22,23). The Morgan fingerprint density at radius 2 is 2.08 bits per heavy atom. The first-order chi connectivity index (χ1) is 12.3. The smallest absolute Gasteiger partial charge is 0.251 e. The second kappa shape index (κ2) is 9.59. The number of aromatic nitrogens is 1. The first kappa shape index (κ1) is 18.0. The Morgan fingerprint density at radius 1 is 1.24 bits per heavy atom. The molecule has 1 aromatic heterocycles. The van der Waals surface area contributed by atoms with Crippen molar-refractivity contribution in [2.75, 3.05) is 19.8 Å². The summed E-state index contributed by atoms with van der Waals surface area (Å²) in [6, 6.07) is 11.8. The minimum atomic E-state index is -0.0222. The van der Waals surface area contributed by atoms with E-state index in [1.54, 1.807) is 18.0 Å². The summed E-state index contributed by atoms with van der Waals surface area (Å²) in [7, 11) is 0. The molecule has 0 radical (unpaired) electrons. The summed E-state index contributed by atoms with van der Waals surface area (Å²) in [4.78, 5) is 17.4. The van der Waals surface area contributed by atoms with Crippen LogP contribution in [-0.4, -0.2) is 30.6 Å². The van der Waals surface area contributed by atoms with Gasteiger partial charge in [0.15, 0.2) is 0 Å². The minimum absolute atomic E-state index is 0.0222. The number of ether oxygens (including phenoxy) is 1. The second-order valence-electron chi connectivity index (χ2n) is 6.30. The number of hydrogen-bond donors (Lipinski definition) is 1. The van der Waals surface area contributed by atoms with Crippen molar-refractivity contribution in [3.05, 3.63) is 59.9 Å². The highest BCUT2D eigenvalue weighted by Crippen LogP contribution is 2.28. The van der Waals surface area contributed by atoms with Gasteiger partial charge in [0.1, 0.15) is 0 Å². The van der Waals surface area contributed by atoms with Gasteiger partial charge >= 0.3 is 0 Å². The molecule has 1 heterocycles. The quantitative estimate of drug-likeness (QED) is 0.518. The third kappa shape index (κ3) is 6.52. The maximum Gasteiger partial charge on any atom is 0.251 e. The maximum absolute atomic E-state index is 12.1. The molecule has 132 valence electrons. The van der Waals surface area contributed by atoms with Gasteiger partial charge in [-0.05, 0) is 61.1 Å². The number of hydrogen-bond acceptors (Lipinski definition) is 4. The van der Waals surface area contributed by atoms with Crippen LogP contribution < -0.4 is 5.32 Å². The van der Waals surface area contributed by atoms with Crippen LogP contribution in [0.5, 0.6) is 0 Å².